The van der Waals surface area contributed by atoms with Crippen LogP contribution in [0.4, 0.5) is 0 Å². The molecule has 0 aromatic rings. The van der Waals surface area contributed by atoms with E-state index in [-0.39, 0.29) is 19.1 Å². The fourth-order valence-electron chi connectivity index (χ4n) is 10.4. The summed E-state index contributed by atoms with van der Waals surface area (Å²) in [7, 11) is 1.59. The van der Waals surface area contributed by atoms with E-state index >= 15 is 0 Å². The minimum absolute atomic E-state index is 0.0645. The third-order valence-corrected chi connectivity index (χ3v) is 16.6. The highest BCUT2D eigenvalue weighted by Gasteiger charge is 2.28. The van der Waals surface area contributed by atoms with Crippen LogP contribution < -0.4 is 5.32 Å². The lowest BCUT2D eigenvalue weighted by molar-refractivity contribution is -0.870. The van der Waals surface area contributed by atoms with Crippen molar-refractivity contribution in [3.63, 3.8) is 0 Å². The van der Waals surface area contributed by atoms with Crippen molar-refractivity contribution in [3.8, 4) is 0 Å². The van der Waals surface area contributed by atoms with E-state index in [1.54, 1.807) is 6.08 Å². The first-order valence-electron chi connectivity index (χ1n) is 33.7. The van der Waals surface area contributed by atoms with Gasteiger partial charge in [-0.25, -0.2) is 4.57 Å². The summed E-state index contributed by atoms with van der Waals surface area (Å²) in [6.07, 6.45) is 76.1. The summed E-state index contributed by atoms with van der Waals surface area (Å²) in [5, 5.41) is 14.0. The van der Waals surface area contributed by atoms with Crippen molar-refractivity contribution in [2.45, 2.75) is 360 Å². The van der Waals surface area contributed by atoms with E-state index in [9.17, 15) is 19.4 Å². The molecule has 0 heterocycles. The van der Waals surface area contributed by atoms with Crippen LogP contribution in [0.25, 0.3) is 0 Å². The molecule has 8 nitrogen and oxygen atoms in total. The van der Waals surface area contributed by atoms with Gasteiger partial charge in [-0.15, -0.1) is 0 Å². The van der Waals surface area contributed by atoms with Gasteiger partial charge in [0.05, 0.1) is 39.9 Å². The second kappa shape index (κ2) is 58.6. The molecular formula is C67H134N2O6P+. The van der Waals surface area contributed by atoms with E-state index in [1.807, 2.05) is 27.2 Å². The first-order chi connectivity index (χ1) is 37.0. The van der Waals surface area contributed by atoms with Crippen LogP contribution in [0.3, 0.4) is 0 Å². The number of aliphatic hydroxyl groups excluding tert-OH is 1. The van der Waals surface area contributed by atoms with Gasteiger partial charge in [-0.1, -0.05) is 321 Å². The number of carbonyl (C=O) groups excluding carboxylic acids is 1. The van der Waals surface area contributed by atoms with Crippen LogP contribution in [0.5, 0.6) is 0 Å². The lowest BCUT2D eigenvalue weighted by Crippen LogP contribution is -2.45. The van der Waals surface area contributed by atoms with Gasteiger partial charge in [-0.05, 0) is 44.9 Å². The Morgan fingerprint density at radius 2 is 0.711 bits per heavy atom. The maximum atomic E-state index is 13.0. The average molecular weight is 1090 g/mol. The van der Waals surface area contributed by atoms with E-state index in [0.29, 0.717) is 17.4 Å². The van der Waals surface area contributed by atoms with E-state index in [2.05, 4.69) is 31.3 Å². The van der Waals surface area contributed by atoms with Gasteiger partial charge in [-0.3, -0.25) is 13.8 Å². The van der Waals surface area contributed by atoms with Crippen LogP contribution in [0.1, 0.15) is 348 Å². The molecule has 3 N–H and O–H groups in total. The van der Waals surface area contributed by atoms with Crippen LogP contribution in [0.15, 0.2) is 24.3 Å². The monoisotopic (exact) mass is 1090 g/mol. The Hall–Kier alpha value is -1.02. The number of rotatable bonds is 63. The predicted molar refractivity (Wildman–Crippen MR) is 332 cm³/mol. The molecule has 0 aliphatic carbocycles. The number of phosphoric acid groups is 1. The summed E-state index contributed by atoms with van der Waals surface area (Å²) in [6, 6.07) is -0.844. The van der Waals surface area contributed by atoms with Gasteiger partial charge in [0.2, 0.25) is 5.91 Å². The van der Waals surface area contributed by atoms with Crippen LogP contribution in [0.2, 0.25) is 0 Å². The molecule has 0 rings (SSSR count). The zero-order valence-corrected chi connectivity index (χ0v) is 52.7. The second-order valence-corrected chi connectivity index (χ2v) is 26.0. The quantitative estimate of drug-likeness (QED) is 0.0243. The van der Waals surface area contributed by atoms with E-state index in [1.165, 1.54) is 295 Å². The van der Waals surface area contributed by atoms with Crippen LogP contribution in [0, 0.1) is 0 Å². The molecule has 0 bridgehead atoms. The standard InChI is InChI=1S/C67H133N2O6P/c1-6-8-10-12-14-16-18-20-22-24-26-27-28-29-30-31-32-33-34-35-36-37-38-39-40-41-43-45-47-49-51-53-55-57-59-61-67(71)68-65(64-75-76(72,73)74-63-62-69(3,4)5)66(70)60-58-56-54-52-50-48-46-44-42-25-23-21-19-17-15-13-11-9-7-2/h24,26,58,60,65-66,70H,6-23,25,27-57,59,61-64H2,1-5H3,(H-,68,71,72,73)/p+1/b26-24-,60-58+. The molecule has 0 aromatic heterocycles. The topological polar surface area (TPSA) is 105 Å². The Morgan fingerprint density at radius 1 is 0.434 bits per heavy atom. The van der Waals surface area contributed by atoms with Crippen molar-refractivity contribution in [1.29, 1.82) is 0 Å². The lowest BCUT2D eigenvalue weighted by atomic mass is 10.0. The number of aliphatic hydroxyl groups is 1. The van der Waals surface area contributed by atoms with Crippen molar-refractivity contribution in [2.75, 3.05) is 40.9 Å². The summed E-state index contributed by atoms with van der Waals surface area (Å²) in [5.41, 5.74) is 0. The summed E-state index contributed by atoms with van der Waals surface area (Å²) in [5.74, 6) is -0.169. The Balaban J connectivity index is 3.97. The maximum Gasteiger partial charge on any atom is 0.472 e. The zero-order chi connectivity index (χ0) is 55.6. The number of quaternary nitrogens is 1. The van der Waals surface area contributed by atoms with Crippen molar-refractivity contribution < 1.29 is 32.9 Å². The first kappa shape index (κ1) is 75.0. The summed E-state index contributed by atoms with van der Waals surface area (Å²) < 4.78 is 23.8. The normalized spacial score (nSPS) is 13.8. The smallest absolute Gasteiger partial charge is 0.387 e. The minimum atomic E-state index is -4.35. The van der Waals surface area contributed by atoms with Crippen LogP contribution in [-0.2, 0) is 18.4 Å². The molecule has 0 saturated carbocycles. The molecule has 0 aliphatic heterocycles. The van der Waals surface area contributed by atoms with E-state index in [0.717, 1.165) is 32.1 Å². The number of likely N-dealkylation sites (N-methyl/N-ethyl adjacent to an activating group) is 1. The highest BCUT2D eigenvalue weighted by atomic mass is 31.2. The van der Waals surface area contributed by atoms with E-state index < -0.39 is 20.0 Å². The van der Waals surface area contributed by atoms with E-state index in [4.69, 9.17) is 9.05 Å². The molecule has 76 heavy (non-hydrogen) atoms. The number of unbranched alkanes of at least 4 members (excludes halogenated alkanes) is 48. The van der Waals surface area contributed by atoms with Gasteiger partial charge >= 0.3 is 7.82 Å². The van der Waals surface area contributed by atoms with Gasteiger partial charge in [0, 0.05) is 6.42 Å². The number of nitrogens with one attached hydrogen (secondary N) is 1. The van der Waals surface area contributed by atoms with Gasteiger partial charge in [0.25, 0.3) is 0 Å². The number of hydrogen-bond donors (Lipinski definition) is 3. The highest BCUT2D eigenvalue weighted by molar-refractivity contribution is 7.47. The third kappa shape index (κ3) is 60.6. The number of allylic oxidation sites excluding steroid dienone is 3. The molecule has 0 spiro atoms. The first-order valence-corrected chi connectivity index (χ1v) is 35.2. The molecule has 0 aliphatic rings. The highest BCUT2D eigenvalue weighted by Crippen LogP contribution is 2.43. The van der Waals surface area contributed by atoms with Gasteiger partial charge in [0.1, 0.15) is 13.2 Å². The molecule has 0 radical (unpaired) electrons. The lowest BCUT2D eigenvalue weighted by Gasteiger charge is -2.25. The molecule has 3 atom stereocenters. The number of hydrogen-bond acceptors (Lipinski definition) is 5. The second-order valence-electron chi connectivity index (χ2n) is 24.6. The van der Waals surface area contributed by atoms with Crippen molar-refractivity contribution in [2.24, 2.45) is 0 Å². The molecule has 3 unspecified atom stereocenters. The Labute approximate surface area is 474 Å². The third-order valence-electron chi connectivity index (χ3n) is 15.7. The molecule has 9 heteroatoms. The minimum Gasteiger partial charge on any atom is -0.387 e. The summed E-state index contributed by atoms with van der Waals surface area (Å²) in [6.45, 7) is 4.87. The van der Waals surface area contributed by atoms with Crippen LogP contribution >= 0.6 is 7.82 Å². The van der Waals surface area contributed by atoms with Crippen molar-refractivity contribution in [1.82, 2.24) is 5.32 Å². The van der Waals surface area contributed by atoms with Gasteiger partial charge in [0.15, 0.2) is 0 Å². The number of phosphoric ester groups is 1. The summed E-state index contributed by atoms with van der Waals surface area (Å²) in [4.78, 5) is 23.4. The van der Waals surface area contributed by atoms with Crippen molar-refractivity contribution in [3.05, 3.63) is 24.3 Å². The number of amides is 1. The number of nitrogens with zero attached hydrogens (tertiary/aromatic N) is 1. The Morgan fingerprint density at radius 3 is 1.01 bits per heavy atom. The van der Waals surface area contributed by atoms with Crippen molar-refractivity contribution >= 4 is 13.7 Å². The fraction of sp³-hybridized carbons (Fsp3) is 0.925. The maximum absolute atomic E-state index is 13.0. The predicted octanol–water partition coefficient (Wildman–Crippen LogP) is 21.1. The molecule has 0 fully saturated rings. The molecule has 0 saturated heterocycles. The SMILES string of the molecule is CCCCCCCCCC/C=C\CCCCCCCCCCCCCCCCCCCCCCCCCC(=O)NC(COP(=O)(O)OCC[N+](C)(C)C)C(O)/C=C/CCCCCCCCCCCCCCCCCCC. The number of carbonyl (C=O) groups is 1. The Bertz CT molecular complexity index is 1290. The van der Waals surface area contributed by atoms with Crippen LogP contribution in [-0.4, -0.2) is 73.4 Å². The molecule has 0 aromatic carbocycles. The zero-order valence-electron chi connectivity index (χ0n) is 51.8. The Kier molecular flexibility index (Phi) is 57.8. The molecular weight excluding hydrogens is 960 g/mol. The van der Waals surface area contributed by atoms with Gasteiger partial charge < -0.3 is 19.8 Å². The molecule has 452 valence electrons. The fourth-order valence-corrected chi connectivity index (χ4v) is 11.1. The molecule has 1 amide bonds. The van der Waals surface area contributed by atoms with Gasteiger partial charge in [-0.2, -0.15) is 0 Å². The summed E-state index contributed by atoms with van der Waals surface area (Å²) >= 11 is 0. The largest absolute Gasteiger partial charge is 0.472 e. The average Bonchev–Trinajstić information content (AvgIpc) is 3.38.